The van der Waals surface area contributed by atoms with Gasteiger partial charge in [-0.05, 0) is 6.07 Å². The molecule has 0 fully saturated rings. The average molecular weight is 251 g/mol. The summed E-state index contributed by atoms with van der Waals surface area (Å²) in [6.07, 6.45) is -2.13. The zero-order valence-corrected chi connectivity index (χ0v) is 9.03. The van der Waals surface area contributed by atoms with Crippen molar-refractivity contribution in [3.8, 4) is 0 Å². The Hall–Kier alpha value is -2.41. The number of aliphatic hydroxyl groups is 1. The number of aliphatic carboxylic acids is 2. The van der Waals surface area contributed by atoms with Crippen molar-refractivity contribution in [2.75, 3.05) is 0 Å². The van der Waals surface area contributed by atoms with E-state index in [0.717, 1.165) is 0 Å². The van der Waals surface area contributed by atoms with Crippen molar-refractivity contribution in [2.45, 2.75) is 12.5 Å². The van der Waals surface area contributed by atoms with E-state index in [1.54, 1.807) is 18.2 Å². The lowest BCUT2D eigenvalue weighted by Crippen LogP contribution is -2.10. The lowest BCUT2D eigenvalue weighted by atomic mass is 10.1. The number of rotatable bonds is 4. The summed E-state index contributed by atoms with van der Waals surface area (Å²) in [6.45, 7) is 0. The second kappa shape index (κ2) is 4.46. The third kappa shape index (κ3) is 2.16. The van der Waals surface area contributed by atoms with Crippen LogP contribution < -0.4 is 0 Å². The Labute approximate surface area is 100 Å². The summed E-state index contributed by atoms with van der Waals surface area (Å²) < 4.78 is 5.12. The van der Waals surface area contributed by atoms with E-state index < -0.39 is 18.0 Å². The number of fused-ring (bicyclic) bond motifs is 1. The van der Waals surface area contributed by atoms with E-state index in [1.165, 1.54) is 0 Å². The molecule has 1 aromatic heterocycles. The maximum absolute atomic E-state index is 10.7. The van der Waals surface area contributed by atoms with E-state index in [1.807, 2.05) is 0 Å². The number of hydrogen-bond acceptors (Lipinski definition) is 5. The topological polar surface area (TPSA) is 121 Å². The summed E-state index contributed by atoms with van der Waals surface area (Å²) >= 11 is 0. The molecule has 1 aromatic carbocycles. The molecule has 1 atom stereocenters. The first-order valence-corrected chi connectivity index (χ1v) is 5.00. The number of benzene rings is 1. The van der Waals surface area contributed by atoms with Gasteiger partial charge in [-0.25, -0.2) is 9.78 Å². The Morgan fingerprint density at radius 2 is 2.06 bits per heavy atom. The van der Waals surface area contributed by atoms with E-state index >= 15 is 0 Å². The van der Waals surface area contributed by atoms with Crippen LogP contribution in [0.25, 0.3) is 11.1 Å². The normalized spacial score (nSPS) is 12.5. The average Bonchev–Trinajstić information content (AvgIpc) is 2.72. The standard InChI is InChI=1S/C11H9NO6/c13-7(14)4-5-2-1-3-6-9(5)18-10(12-6)8(15)11(16)17/h1-3,8,15H,4H2,(H,13,14)(H,16,17). The maximum atomic E-state index is 10.7. The molecule has 7 heteroatoms. The Kier molecular flexibility index (Phi) is 2.99. The van der Waals surface area contributed by atoms with E-state index in [-0.39, 0.29) is 17.9 Å². The molecule has 94 valence electrons. The van der Waals surface area contributed by atoms with Crippen LogP contribution in [0.4, 0.5) is 0 Å². The van der Waals surface area contributed by atoms with Crippen molar-refractivity contribution in [1.29, 1.82) is 0 Å². The molecular formula is C11H9NO6. The van der Waals surface area contributed by atoms with Crippen LogP contribution in [0.2, 0.25) is 0 Å². The summed E-state index contributed by atoms with van der Waals surface area (Å²) in [5, 5.41) is 26.7. The molecule has 0 aliphatic carbocycles. The molecule has 0 saturated carbocycles. The second-order valence-corrected chi connectivity index (χ2v) is 3.63. The summed E-state index contributed by atoms with van der Waals surface area (Å²) in [5.74, 6) is -2.89. The number of carbonyl (C=O) groups is 2. The second-order valence-electron chi connectivity index (χ2n) is 3.63. The number of aromatic nitrogens is 1. The molecule has 0 aliphatic rings. The number of carboxylic acid groups (broad SMARTS) is 2. The summed E-state index contributed by atoms with van der Waals surface area (Å²) in [5.41, 5.74) is 0.857. The van der Waals surface area contributed by atoms with Gasteiger partial charge < -0.3 is 19.7 Å². The molecule has 0 aliphatic heterocycles. The number of aliphatic hydroxyl groups excluding tert-OH is 1. The fraction of sp³-hybridized carbons (Fsp3) is 0.182. The van der Waals surface area contributed by atoms with Gasteiger partial charge in [-0.15, -0.1) is 0 Å². The van der Waals surface area contributed by atoms with Gasteiger partial charge in [-0.3, -0.25) is 4.79 Å². The van der Waals surface area contributed by atoms with Crippen LogP contribution in [0.1, 0.15) is 17.6 Å². The van der Waals surface area contributed by atoms with Gasteiger partial charge in [0.2, 0.25) is 12.0 Å². The van der Waals surface area contributed by atoms with Crippen LogP contribution in [-0.4, -0.2) is 32.2 Å². The Morgan fingerprint density at radius 3 is 2.67 bits per heavy atom. The highest BCUT2D eigenvalue weighted by molar-refractivity contribution is 5.82. The van der Waals surface area contributed by atoms with Gasteiger partial charge in [-0.2, -0.15) is 0 Å². The zero-order valence-electron chi connectivity index (χ0n) is 9.03. The highest BCUT2D eigenvalue weighted by atomic mass is 16.4. The predicted octanol–water partition coefficient (Wildman–Crippen LogP) is 0.573. The predicted molar refractivity (Wildman–Crippen MR) is 57.9 cm³/mol. The number of carboxylic acids is 2. The molecular weight excluding hydrogens is 242 g/mol. The molecule has 2 aromatic rings. The SMILES string of the molecule is O=C(O)Cc1cccc2nc(C(O)C(=O)O)oc12. The number of para-hydroxylation sites is 1. The molecule has 0 spiro atoms. The monoisotopic (exact) mass is 251 g/mol. The fourth-order valence-corrected chi connectivity index (χ4v) is 1.55. The van der Waals surface area contributed by atoms with Gasteiger partial charge in [0.05, 0.1) is 6.42 Å². The zero-order chi connectivity index (χ0) is 13.3. The molecule has 2 rings (SSSR count). The summed E-state index contributed by atoms with van der Waals surface area (Å²) in [6, 6.07) is 4.67. The fourth-order valence-electron chi connectivity index (χ4n) is 1.55. The van der Waals surface area contributed by atoms with Crippen molar-refractivity contribution in [1.82, 2.24) is 4.98 Å². The number of hydrogen-bond donors (Lipinski definition) is 3. The van der Waals surface area contributed by atoms with Gasteiger partial charge >= 0.3 is 11.9 Å². The molecule has 1 heterocycles. The largest absolute Gasteiger partial charge is 0.481 e. The van der Waals surface area contributed by atoms with Crippen LogP contribution >= 0.6 is 0 Å². The Morgan fingerprint density at radius 1 is 1.33 bits per heavy atom. The van der Waals surface area contributed by atoms with Crippen molar-refractivity contribution in [3.63, 3.8) is 0 Å². The molecule has 18 heavy (non-hydrogen) atoms. The molecule has 0 bridgehead atoms. The van der Waals surface area contributed by atoms with Gasteiger partial charge in [0.25, 0.3) is 0 Å². The minimum atomic E-state index is -1.87. The first-order valence-electron chi connectivity index (χ1n) is 5.00. The van der Waals surface area contributed by atoms with Crippen LogP contribution in [0.15, 0.2) is 22.6 Å². The molecule has 3 N–H and O–H groups in total. The van der Waals surface area contributed by atoms with Gasteiger partial charge in [0.1, 0.15) is 5.52 Å². The smallest absolute Gasteiger partial charge is 0.342 e. The molecule has 1 unspecified atom stereocenters. The highest BCUT2D eigenvalue weighted by Gasteiger charge is 2.23. The van der Waals surface area contributed by atoms with E-state index in [4.69, 9.17) is 14.6 Å². The van der Waals surface area contributed by atoms with Crippen LogP contribution in [0, 0.1) is 0 Å². The first-order chi connectivity index (χ1) is 8.49. The highest BCUT2D eigenvalue weighted by Crippen LogP contribution is 2.23. The van der Waals surface area contributed by atoms with Crippen molar-refractivity contribution in [2.24, 2.45) is 0 Å². The van der Waals surface area contributed by atoms with Crippen LogP contribution in [0.5, 0.6) is 0 Å². The van der Waals surface area contributed by atoms with Crippen LogP contribution in [-0.2, 0) is 16.0 Å². The Bertz CT molecular complexity index is 617. The molecule has 7 nitrogen and oxygen atoms in total. The van der Waals surface area contributed by atoms with E-state index in [0.29, 0.717) is 11.1 Å². The van der Waals surface area contributed by atoms with Crippen molar-refractivity contribution >= 4 is 23.0 Å². The van der Waals surface area contributed by atoms with Crippen molar-refractivity contribution < 1.29 is 29.3 Å². The minimum Gasteiger partial charge on any atom is -0.481 e. The lowest BCUT2D eigenvalue weighted by molar-refractivity contribution is -0.148. The molecule has 0 amide bonds. The summed E-state index contributed by atoms with van der Waals surface area (Å²) in [7, 11) is 0. The first kappa shape index (κ1) is 12.1. The third-order valence-electron chi connectivity index (χ3n) is 2.32. The van der Waals surface area contributed by atoms with E-state index in [9.17, 15) is 14.7 Å². The Balaban J connectivity index is 2.50. The van der Waals surface area contributed by atoms with Crippen molar-refractivity contribution in [3.05, 3.63) is 29.7 Å². The quantitative estimate of drug-likeness (QED) is 0.726. The number of nitrogens with zero attached hydrogens (tertiary/aromatic N) is 1. The minimum absolute atomic E-state index is 0.176. The molecule has 0 radical (unpaired) electrons. The maximum Gasteiger partial charge on any atom is 0.342 e. The van der Waals surface area contributed by atoms with Gasteiger partial charge in [0.15, 0.2) is 5.58 Å². The van der Waals surface area contributed by atoms with Gasteiger partial charge in [-0.1, -0.05) is 12.1 Å². The van der Waals surface area contributed by atoms with Gasteiger partial charge in [0, 0.05) is 5.56 Å². The van der Waals surface area contributed by atoms with Crippen LogP contribution in [0.3, 0.4) is 0 Å². The van der Waals surface area contributed by atoms with E-state index in [2.05, 4.69) is 4.98 Å². The summed E-state index contributed by atoms with van der Waals surface area (Å²) in [4.78, 5) is 25.1. The third-order valence-corrected chi connectivity index (χ3v) is 2.32. The lowest BCUT2D eigenvalue weighted by Gasteiger charge is -1.98. The number of oxazole rings is 1. The molecule has 0 saturated heterocycles.